The monoisotopic (exact) mass is 231 g/mol. The third kappa shape index (κ3) is 2.22. The van der Waals surface area contributed by atoms with E-state index in [2.05, 4.69) is 24.1 Å². The van der Waals surface area contributed by atoms with Crippen LogP contribution < -0.4 is 0 Å². The van der Waals surface area contributed by atoms with Crippen molar-refractivity contribution in [2.24, 2.45) is 0 Å². The fourth-order valence-corrected chi connectivity index (χ4v) is 2.80. The van der Waals surface area contributed by atoms with Gasteiger partial charge >= 0.3 is 0 Å². The molecule has 0 spiro atoms. The summed E-state index contributed by atoms with van der Waals surface area (Å²) in [4.78, 5) is 2.18. The van der Waals surface area contributed by atoms with Crippen molar-refractivity contribution >= 4 is 12.6 Å². The Hall–Kier alpha value is -0.0600. The maximum atomic E-state index is 13.4. The van der Waals surface area contributed by atoms with Crippen molar-refractivity contribution < 1.29 is 9.13 Å². The Morgan fingerprint density at radius 2 is 2.53 bits per heavy atom. The fourth-order valence-electron chi connectivity index (χ4n) is 2.72. The van der Waals surface area contributed by atoms with E-state index in [9.17, 15) is 4.39 Å². The van der Waals surface area contributed by atoms with Crippen LogP contribution in [0.3, 0.4) is 0 Å². The Balaban J connectivity index is 2.05. The molecule has 4 heteroatoms. The van der Waals surface area contributed by atoms with Crippen LogP contribution in [0.2, 0.25) is 0 Å². The predicted octanol–water partition coefficient (Wildman–Crippen LogP) is 2.02. The van der Waals surface area contributed by atoms with Crippen LogP contribution in [0.15, 0.2) is 12.2 Å². The van der Waals surface area contributed by atoms with Gasteiger partial charge in [-0.25, -0.2) is 4.39 Å². The van der Waals surface area contributed by atoms with E-state index in [4.69, 9.17) is 4.74 Å². The lowest BCUT2D eigenvalue weighted by Crippen LogP contribution is -2.42. The van der Waals surface area contributed by atoms with E-state index in [1.807, 2.05) is 6.92 Å². The first-order valence-corrected chi connectivity index (χ1v) is 5.89. The summed E-state index contributed by atoms with van der Waals surface area (Å²) in [5.74, 6) is 0. The molecule has 0 N–H and O–H groups in total. The zero-order chi connectivity index (χ0) is 11.1. The summed E-state index contributed by atoms with van der Waals surface area (Å²) in [6, 6.07) is 0. The van der Waals surface area contributed by atoms with Crippen molar-refractivity contribution in [1.82, 2.24) is 4.90 Å². The number of nitrogens with zero attached hydrogens (tertiary/aromatic N) is 1. The van der Waals surface area contributed by atoms with Crippen molar-refractivity contribution in [3.63, 3.8) is 0 Å². The summed E-state index contributed by atoms with van der Waals surface area (Å²) in [5, 5.41) is 0. The topological polar surface area (TPSA) is 12.5 Å². The quantitative estimate of drug-likeness (QED) is 0.453. The normalized spacial score (nSPS) is 38.3. The Kier molecular flexibility index (Phi) is 3.10. The summed E-state index contributed by atoms with van der Waals surface area (Å²) in [6.45, 7) is 7.80. The van der Waals surface area contributed by atoms with Crippen molar-refractivity contribution in [1.29, 1.82) is 0 Å². The largest absolute Gasteiger partial charge is 0.366 e. The average molecular weight is 231 g/mol. The molecule has 0 aromatic carbocycles. The molecule has 0 radical (unpaired) electrons. The highest BCUT2D eigenvalue weighted by molar-refractivity contribution is 7.80. The van der Waals surface area contributed by atoms with E-state index in [1.54, 1.807) is 0 Å². The van der Waals surface area contributed by atoms with Gasteiger partial charge in [0.05, 0.1) is 17.6 Å². The molecule has 86 valence electrons. The lowest BCUT2D eigenvalue weighted by molar-refractivity contribution is 0.0295. The van der Waals surface area contributed by atoms with Gasteiger partial charge in [-0.15, -0.1) is 12.6 Å². The summed E-state index contributed by atoms with van der Waals surface area (Å²) >= 11 is 4.18. The van der Waals surface area contributed by atoms with Crippen molar-refractivity contribution in [3.8, 4) is 0 Å². The minimum Gasteiger partial charge on any atom is -0.366 e. The molecule has 15 heavy (non-hydrogen) atoms. The van der Waals surface area contributed by atoms with E-state index in [-0.39, 0.29) is 11.0 Å². The highest BCUT2D eigenvalue weighted by Crippen LogP contribution is 2.42. The van der Waals surface area contributed by atoms with Crippen LogP contribution in [-0.2, 0) is 4.74 Å². The van der Waals surface area contributed by atoms with E-state index >= 15 is 0 Å². The van der Waals surface area contributed by atoms with Gasteiger partial charge in [-0.1, -0.05) is 12.2 Å². The first-order chi connectivity index (χ1) is 7.02. The van der Waals surface area contributed by atoms with Gasteiger partial charge in [0.1, 0.15) is 6.17 Å². The minimum atomic E-state index is -0.711. The van der Waals surface area contributed by atoms with Gasteiger partial charge < -0.3 is 4.74 Å². The van der Waals surface area contributed by atoms with Crippen LogP contribution in [0, 0.1) is 0 Å². The SMILES string of the molecule is C=C1CN2CC(F)CC2(COC(C)S)C1. The van der Waals surface area contributed by atoms with Crippen LogP contribution in [0.25, 0.3) is 0 Å². The summed E-state index contributed by atoms with van der Waals surface area (Å²) in [5.41, 5.74) is 0.971. The molecule has 0 saturated carbocycles. The van der Waals surface area contributed by atoms with Gasteiger partial charge in [0.2, 0.25) is 0 Å². The molecule has 0 amide bonds. The Morgan fingerprint density at radius 1 is 1.80 bits per heavy atom. The number of ether oxygens (including phenoxy) is 1. The standard InChI is InChI=1S/C11H18FNOS/c1-8-3-11(7-14-9(2)15)4-10(12)6-13(11)5-8/h9-10,15H,1,3-7H2,2H3. The molecule has 3 atom stereocenters. The highest BCUT2D eigenvalue weighted by atomic mass is 32.1. The van der Waals surface area contributed by atoms with Crippen LogP contribution in [0.1, 0.15) is 19.8 Å². The van der Waals surface area contributed by atoms with Crippen molar-refractivity contribution in [3.05, 3.63) is 12.2 Å². The second-order valence-electron chi connectivity index (χ2n) is 4.74. The molecule has 2 rings (SSSR count). The molecule has 0 aromatic rings. The third-order valence-corrected chi connectivity index (χ3v) is 3.43. The third-order valence-electron chi connectivity index (χ3n) is 3.28. The molecule has 2 nitrogen and oxygen atoms in total. The number of fused-ring (bicyclic) bond motifs is 1. The number of halogens is 1. The number of thiol groups is 1. The molecule has 0 aliphatic carbocycles. The Bertz CT molecular complexity index is 271. The van der Waals surface area contributed by atoms with E-state index < -0.39 is 6.17 Å². The highest BCUT2D eigenvalue weighted by Gasteiger charge is 2.50. The van der Waals surface area contributed by atoms with Gasteiger partial charge in [0.15, 0.2) is 0 Å². The molecule has 2 aliphatic rings. The zero-order valence-corrected chi connectivity index (χ0v) is 9.97. The molecule has 2 aliphatic heterocycles. The maximum absolute atomic E-state index is 13.4. The second kappa shape index (κ2) is 4.07. The first-order valence-electron chi connectivity index (χ1n) is 5.37. The van der Waals surface area contributed by atoms with Gasteiger partial charge in [0.25, 0.3) is 0 Å². The lowest BCUT2D eigenvalue weighted by Gasteiger charge is -2.31. The average Bonchev–Trinajstić information content (AvgIpc) is 2.53. The Morgan fingerprint density at radius 3 is 3.20 bits per heavy atom. The molecular weight excluding hydrogens is 213 g/mol. The van der Waals surface area contributed by atoms with E-state index in [0.717, 1.165) is 13.0 Å². The van der Waals surface area contributed by atoms with Crippen molar-refractivity contribution in [2.45, 2.75) is 36.9 Å². The number of alkyl halides is 1. The number of rotatable bonds is 3. The summed E-state index contributed by atoms with van der Waals surface area (Å²) in [6.07, 6.45) is 0.734. The van der Waals surface area contributed by atoms with Gasteiger partial charge in [0, 0.05) is 19.5 Å². The smallest absolute Gasteiger partial charge is 0.115 e. The van der Waals surface area contributed by atoms with E-state index in [0.29, 0.717) is 19.6 Å². The van der Waals surface area contributed by atoms with Crippen LogP contribution in [0.4, 0.5) is 4.39 Å². The van der Waals surface area contributed by atoms with Gasteiger partial charge in [-0.3, -0.25) is 4.90 Å². The minimum absolute atomic E-state index is 0.0891. The molecule has 2 heterocycles. The van der Waals surface area contributed by atoms with E-state index in [1.165, 1.54) is 5.57 Å². The second-order valence-corrected chi connectivity index (χ2v) is 5.47. The predicted molar refractivity (Wildman–Crippen MR) is 62.0 cm³/mol. The Labute approximate surface area is 95.9 Å². The molecule has 0 bridgehead atoms. The number of hydrogen-bond donors (Lipinski definition) is 1. The molecule has 0 aromatic heterocycles. The van der Waals surface area contributed by atoms with Gasteiger partial charge in [-0.05, 0) is 13.3 Å². The molecule has 2 saturated heterocycles. The van der Waals surface area contributed by atoms with Crippen LogP contribution >= 0.6 is 12.6 Å². The summed E-state index contributed by atoms with van der Waals surface area (Å²) in [7, 11) is 0. The van der Waals surface area contributed by atoms with Crippen LogP contribution in [-0.4, -0.2) is 41.7 Å². The van der Waals surface area contributed by atoms with Crippen molar-refractivity contribution in [2.75, 3.05) is 19.7 Å². The van der Waals surface area contributed by atoms with Gasteiger partial charge in [-0.2, -0.15) is 0 Å². The van der Waals surface area contributed by atoms with Crippen LogP contribution in [0.5, 0.6) is 0 Å². The lowest BCUT2D eigenvalue weighted by atomic mass is 9.93. The number of hydrogen-bond acceptors (Lipinski definition) is 3. The fraction of sp³-hybridized carbons (Fsp3) is 0.818. The molecule has 2 fully saturated rings. The first kappa shape index (κ1) is 11.4. The molecular formula is C11H18FNOS. The maximum Gasteiger partial charge on any atom is 0.115 e. The zero-order valence-electron chi connectivity index (χ0n) is 9.08. The summed E-state index contributed by atoms with van der Waals surface area (Å²) < 4.78 is 18.9. The molecule has 3 unspecified atom stereocenters.